The lowest BCUT2D eigenvalue weighted by Crippen LogP contribution is -1.95. The largest absolute Gasteiger partial charge is 0.408 e. The molecular formula is C6H5N5OS. The van der Waals surface area contributed by atoms with Gasteiger partial charge in [0, 0.05) is 12.4 Å². The maximum Gasteiger partial charge on any atom is 0.284 e. The van der Waals surface area contributed by atoms with Crippen LogP contribution in [-0.2, 0) is 0 Å². The van der Waals surface area contributed by atoms with Gasteiger partial charge < -0.3 is 10.2 Å². The molecule has 0 atom stereocenters. The molecule has 0 saturated carbocycles. The first-order valence-corrected chi connectivity index (χ1v) is 3.80. The maximum atomic E-state index is 5.54. The number of hydrogen-bond donors (Lipinski definition) is 2. The maximum absolute atomic E-state index is 5.54. The van der Waals surface area contributed by atoms with Gasteiger partial charge in [0.1, 0.15) is 0 Å². The molecule has 0 fully saturated rings. The normalized spacial score (nSPS) is 10.2. The number of rotatable bonds is 1. The Balaban J connectivity index is 2.58. The average Bonchev–Trinajstić information content (AvgIpc) is 2.53. The van der Waals surface area contributed by atoms with Crippen molar-refractivity contribution >= 4 is 18.0 Å². The van der Waals surface area contributed by atoms with E-state index < -0.39 is 0 Å². The van der Waals surface area contributed by atoms with Gasteiger partial charge in [-0.25, -0.2) is 15.1 Å². The fraction of sp³-hybridized carbons (Fsp3) is 0. The Morgan fingerprint density at radius 3 is 2.77 bits per heavy atom. The van der Waals surface area contributed by atoms with Gasteiger partial charge in [0.25, 0.3) is 10.7 Å². The van der Waals surface area contributed by atoms with E-state index in [2.05, 4.69) is 20.2 Å². The zero-order valence-corrected chi connectivity index (χ0v) is 7.21. The van der Waals surface area contributed by atoms with Crippen molar-refractivity contribution in [2.45, 2.75) is 0 Å². The molecule has 0 aliphatic heterocycles. The predicted molar refractivity (Wildman–Crippen MR) is 47.1 cm³/mol. The Hall–Kier alpha value is -1.76. The van der Waals surface area contributed by atoms with Crippen LogP contribution in [0.2, 0.25) is 0 Å². The second-order valence-electron chi connectivity index (χ2n) is 2.21. The topological polar surface area (TPSA) is 93.6 Å². The van der Waals surface area contributed by atoms with Crippen molar-refractivity contribution in [3.63, 3.8) is 0 Å². The molecule has 0 spiro atoms. The summed E-state index contributed by atoms with van der Waals surface area (Å²) in [6.45, 7) is 0. The molecule has 7 heteroatoms. The summed E-state index contributed by atoms with van der Waals surface area (Å²) < 4.78 is 5.02. The van der Waals surface area contributed by atoms with Gasteiger partial charge in [0.15, 0.2) is 11.5 Å². The van der Waals surface area contributed by atoms with Gasteiger partial charge >= 0.3 is 0 Å². The fourth-order valence-corrected chi connectivity index (χ4v) is 0.969. The van der Waals surface area contributed by atoms with Gasteiger partial charge in [-0.15, -0.1) is 5.10 Å². The Morgan fingerprint density at radius 2 is 2.15 bits per heavy atom. The van der Waals surface area contributed by atoms with Crippen LogP contribution in [0.5, 0.6) is 0 Å². The van der Waals surface area contributed by atoms with E-state index in [1.165, 1.54) is 12.4 Å². The molecule has 66 valence electrons. The highest BCUT2D eigenvalue weighted by atomic mass is 32.1. The molecule has 0 saturated heterocycles. The number of nitrogens with zero attached hydrogens (tertiary/aromatic N) is 3. The van der Waals surface area contributed by atoms with E-state index in [1.54, 1.807) is 0 Å². The second-order valence-corrected chi connectivity index (χ2v) is 2.58. The molecule has 6 nitrogen and oxygen atoms in total. The third kappa shape index (κ3) is 1.41. The first-order valence-electron chi connectivity index (χ1n) is 3.40. The van der Waals surface area contributed by atoms with E-state index in [0.29, 0.717) is 5.69 Å². The Bertz CT molecular complexity index is 476. The van der Waals surface area contributed by atoms with Crippen LogP contribution in [0.3, 0.4) is 0 Å². The lowest BCUT2D eigenvalue weighted by molar-refractivity contribution is 0.550. The summed E-state index contributed by atoms with van der Waals surface area (Å²) in [4.78, 5) is 7.96. The third-order valence-corrected chi connectivity index (χ3v) is 1.54. The van der Waals surface area contributed by atoms with E-state index >= 15 is 0 Å². The fourth-order valence-electron chi connectivity index (χ4n) is 0.845. The Morgan fingerprint density at radius 1 is 1.38 bits per heavy atom. The highest BCUT2D eigenvalue weighted by molar-refractivity contribution is 7.71. The summed E-state index contributed by atoms with van der Waals surface area (Å²) in [5.74, 6) is 0.503. The van der Waals surface area contributed by atoms with E-state index in [0.717, 1.165) is 0 Å². The monoisotopic (exact) mass is 195 g/mol. The van der Waals surface area contributed by atoms with Crippen LogP contribution in [0, 0.1) is 4.84 Å². The van der Waals surface area contributed by atoms with Crippen LogP contribution in [0.15, 0.2) is 16.8 Å². The van der Waals surface area contributed by atoms with Crippen molar-refractivity contribution in [3.8, 4) is 11.6 Å². The molecular weight excluding hydrogens is 190 g/mol. The molecule has 0 aromatic carbocycles. The van der Waals surface area contributed by atoms with Crippen molar-refractivity contribution < 1.29 is 4.42 Å². The number of aromatic amines is 1. The van der Waals surface area contributed by atoms with Gasteiger partial charge in [-0.2, -0.15) is 0 Å². The molecule has 0 radical (unpaired) electrons. The molecule has 0 bridgehead atoms. The van der Waals surface area contributed by atoms with Crippen molar-refractivity contribution in [2.75, 3.05) is 5.73 Å². The molecule has 0 aliphatic carbocycles. The van der Waals surface area contributed by atoms with Crippen LogP contribution in [-0.4, -0.2) is 20.2 Å². The molecule has 0 unspecified atom stereocenters. The minimum absolute atomic E-state index is 0.181. The van der Waals surface area contributed by atoms with Crippen LogP contribution < -0.4 is 5.73 Å². The summed E-state index contributed by atoms with van der Waals surface area (Å²) >= 11 is 4.70. The second kappa shape index (κ2) is 2.94. The number of nitrogens with one attached hydrogen (secondary N) is 1. The lowest BCUT2D eigenvalue weighted by atomic mass is 10.4. The smallest absolute Gasteiger partial charge is 0.284 e. The summed E-state index contributed by atoms with van der Waals surface area (Å²) in [5, 5.41) is 6.24. The van der Waals surface area contributed by atoms with Gasteiger partial charge in [0.2, 0.25) is 0 Å². The summed E-state index contributed by atoms with van der Waals surface area (Å²) in [7, 11) is 0. The molecule has 0 amide bonds. The number of H-pyrrole nitrogens is 1. The summed E-state index contributed by atoms with van der Waals surface area (Å²) in [6.07, 6.45) is 2.99. The van der Waals surface area contributed by atoms with Crippen LogP contribution >= 0.6 is 12.2 Å². The summed E-state index contributed by atoms with van der Waals surface area (Å²) in [5.41, 5.74) is 5.92. The first kappa shape index (κ1) is 7.87. The van der Waals surface area contributed by atoms with Gasteiger partial charge in [-0.3, -0.25) is 0 Å². The third-order valence-electron chi connectivity index (χ3n) is 1.37. The molecule has 2 rings (SSSR count). The molecule has 2 heterocycles. The molecule has 3 N–H and O–H groups in total. The highest BCUT2D eigenvalue weighted by Crippen LogP contribution is 2.17. The number of hydrogen-bond acceptors (Lipinski definition) is 6. The van der Waals surface area contributed by atoms with E-state index in [1.807, 2.05) is 0 Å². The number of aromatic nitrogens is 4. The predicted octanol–water partition coefficient (Wildman–Crippen LogP) is 0.771. The number of nitrogens with two attached hydrogens (primary N) is 1. The number of anilines is 1. The highest BCUT2D eigenvalue weighted by Gasteiger charge is 2.09. The lowest BCUT2D eigenvalue weighted by Gasteiger charge is -1.95. The minimum atomic E-state index is 0.181. The molecule has 2 aromatic rings. The van der Waals surface area contributed by atoms with Crippen LogP contribution in [0.1, 0.15) is 0 Å². The zero-order valence-electron chi connectivity index (χ0n) is 6.39. The summed E-state index contributed by atoms with van der Waals surface area (Å²) in [6, 6.07) is 0. The van der Waals surface area contributed by atoms with Crippen molar-refractivity contribution in [1.29, 1.82) is 0 Å². The van der Waals surface area contributed by atoms with Gasteiger partial charge in [0.05, 0.1) is 0 Å². The average molecular weight is 195 g/mol. The van der Waals surface area contributed by atoms with Crippen molar-refractivity contribution in [3.05, 3.63) is 17.2 Å². The number of nitrogen functional groups attached to an aromatic ring is 1. The quantitative estimate of drug-likeness (QED) is 0.653. The van der Waals surface area contributed by atoms with Gasteiger partial charge in [-0.05, 0) is 12.2 Å². The van der Waals surface area contributed by atoms with E-state index in [9.17, 15) is 0 Å². The van der Waals surface area contributed by atoms with Gasteiger partial charge in [-0.1, -0.05) is 0 Å². The molecule has 2 aromatic heterocycles. The first-order chi connectivity index (χ1) is 6.27. The Kier molecular flexibility index (Phi) is 1.78. The molecule has 13 heavy (non-hydrogen) atoms. The van der Waals surface area contributed by atoms with Crippen LogP contribution in [0.4, 0.5) is 5.82 Å². The molecule has 0 aliphatic rings. The Labute approximate surface area is 77.8 Å². The van der Waals surface area contributed by atoms with E-state index in [-0.39, 0.29) is 16.5 Å². The zero-order chi connectivity index (χ0) is 9.26. The SMILES string of the molecule is Nc1nccnc1-c1n[nH]c(=S)o1. The van der Waals surface area contributed by atoms with E-state index in [4.69, 9.17) is 22.4 Å². The van der Waals surface area contributed by atoms with Crippen LogP contribution in [0.25, 0.3) is 11.6 Å². The minimum Gasteiger partial charge on any atom is -0.408 e. The van der Waals surface area contributed by atoms with Crippen molar-refractivity contribution in [1.82, 2.24) is 20.2 Å². The van der Waals surface area contributed by atoms with Crippen molar-refractivity contribution in [2.24, 2.45) is 0 Å². The standard InChI is InChI=1S/C6H5N5OS/c7-4-3(8-1-2-9-4)5-10-11-6(13)12-5/h1-2H,(H2,7,9)(H,11,13).